The van der Waals surface area contributed by atoms with E-state index in [1.165, 1.54) is 37.7 Å². The second-order valence-corrected chi connectivity index (χ2v) is 11.6. The molecule has 6 rings (SSSR count). The van der Waals surface area contributed by atoms with Crippen molar-refractivity contribution in [1.29, 1.82) is 0 Å². The van der Waals surface area contributed by atoms with Gasteiger partial charge >= 0.3 is 0 Å². The SMILES string of the molecule is CN(C)c1nc(C2NC2[C@H]2CC23CCC(CNCC(CO)c2ccccc2)CC3)nc2ccccc12. The van der Waals surface area contributed by atoms with Crippen LogP contribution in [-0.2, 0) is 0 Å². The molecule has 2 saturated carbocycles. The molecule has 2 aliphatic carbocycles. The van der Waals surface area contributed by atoms with Crippen molar-refractivity contribution in [2.75, 3.05) is 38.7 Å². The second-order valence-electron chi connectivity index (χ2n) is 11.6. The normalized spacial score (nSPS) is 29.9. The van der Waals surface area contributed by atoms with Crippen LogP contribution < -0.4 is 15.5 Å². The zero-order valence-corrected chi connectivity index (χ0v) is 21.5. The van der Waals surface area contributed by atoms with Gasteiger partial charge in [-0.1, -0.05) is 42.5 Å². The Labute approximate surface area is 214 Å². The van der Waals surface area contributed by atoms with Crippen LogP contribution in [0.15, 0.2) is 54.6 Å². The second kappa shape index (κ2) is 9.73. The lowest BCUT2D eigenvalue weighted by Gasteiger charge is -2.30. The first kappa shape index (κ1) is 23.8. The summed E-state index contributed by atoms with van der Waals surface area (Å²) in [6.07, 6.45) is 6.67. The molecule has 3 N–H and O–H groups in total. The van der Waals surface area contributed by atoms with Crippen LogP contribution in [-0.4, -0.2) is 54.9 Å². The maximum atomic E-state index is 9.82. The molecule has 4 atom stereocenters. The van der Waals surface area contributed by atoms with Crippen LogP contribution in [0.4, 0.5) is 5.82 Å². The predicted molar refractivity (Wildman–Crippen MR) is 145 cm³/mol. The van der Waals surface area contributed by atoms with Crippen molar-refractivity contribution in [3.05, 3.63) is 66.0 Å². The number of aromatic nitrogens is 2. The lowest BCUT2D eigenvalue weighted by molar-refractivity contribution is 0.225. The molecule has 3 fully saturated rings. The van der Waals surface area contributed by atoms with Crippen molar-refractivity contribution in [3.8, 4) is 0 Å². The highest BCUT2D eigenvalue weighted by molar-refractivity contribution is 5.89. The zero-order chi connectivity index (χ0) is 24.7. The molecule has 1 aliphatic heterocycles. The number of hydrogen-bond donors (Lipinski definition) is 3. The maximum Gasteiger partial charge on any atom is 0.149 e. The molecule has 2 heterocycles. The Morgan fingerprint density at radius 2 is 1.81 bits per heavy atom. The van der Waals surface area contributed by atoms with E-state index >= 15 is 0 Å². The lowest BCUT2D eigenvalue weighted by Crippen LogP contribution is -2.31. The van der Waals surface area contributed by atoms with Crippen LogP contribution in [0.5, 0.6) is 0 Å². The number of anilines is 1. The highest BCUT2D eigenvalue weighted by Crippen LogP contribution is 2.66. The molecule has 190 valence electrons. The number of hydrogen-bond acceptors (Lipinski definition) is 6. The van der Waals surface area contributed by atoms with E-state index in [0.29, 0.717) is 17.5 Å². The fraction of sp³-hybridized carbons (Fsp3) is 0.533. The van der Waals surface area contributed by atoms with Gasteiger partial charge < -0.3 is 20.6 Å². The van der Waals surface area contributed by atoms with Gasteiger partial charge in [0, 0.05) is 38.0 Å². The summed E-state index contributed by atoms with van der Waals surface area (Å²) in [5, 5.41) is 18.4. The topological polar surface area (TPSA) is 83.2 Å². The highest BCUT2D eigenvalue weighted by Gasteiger charge is 2.64. The van der Waals surface area contributed by atoms with Crippen molar-refractivity contribution in [1.82, 2.24) is 20.6 Å². The average molecular weight is 486 g/mol. The standard InChI is InChI=1S/C30H39N5O/c1-35(2)29-23-10-6-7-11-25(23)32-28(34-29)27-26(33-27)24-16-30(24)14-12-20(13-15-30)17-31-18-22(19-36)21-8-4-3-5-9-21/h3-11,20,22,24,26-27,31,33,36H,12-19H2,1-2H3/t20?,22?,24-,26?,27?,30?/m1/s1. The minimum absolute atomic E-state index is 0.178. The van der Waals surface area contributed by atoms with Gasteiger partial charge in [-0.25, -0.2) is 9.97 Å². The van der Waals surface area contributed by atoms with Gasteiger partial charge in [0.15, 0.2) is 0 Å². The minimum Gasteiger partial charge on any atom is -0.396 e. The van der Waals surface area contributed by atoms with Gasteiger partial charge in [0.1, 0.15) is 11.6 Å². The Morgan fingerprint density at radius 1 is 1.06 bits per heavy atom. The van der Waals surface area contributed by atoms with E-state index in [-0.39, 0.29) is 12.5 Å². The van der Waals surface area contributed by atoms with E-state index in [9.17, 15) is 5.11 Å². The first-order chi connectivity index (χ1) is 17.6. The molecule has 2 aromatic carbocycles. The van der Waals surface area contributed by atoms with E-state index < -0.39 is 0 Å². The van der Waals surface area contributed by atoms with Crippen LogP contribution >= 0.6 is 0 Å². The summed E-state index contributed by atoms with van der Waals surface area (Å²) in [6, 6.07) is 19.5. The Morgan fingerprint density at radius 3 is 2.56 bits per heavy atom. The molecule has 3 aromatic rings. The summed E-state index contributed by atoms with van der Waals surface area (Å²) in [5.41, 5.74) is 2.80. The summed E-state index contributed by atoms with van der Waals surface area (Å²) in [7, 11) is 4.12. The number of nitrogens with zero attached hydrogens (tertiary/aromatic N) is 3. The fourth-order valence-corrected chi connectivity index (χ4v) is 6.69. The molecule has 36 heavy (non-hydrogen) atoms. The smallest absolute Gasteiger partial charge is 0.149 e. The average Bonchev–Trinajstić information content (AvgIpc) is 3.83. The number of nitrogens with one attached hydrogen (secondary N) is 2. The van der Waals surface area contributed by atoms with Crippen LogP contribution in [0, 0.1) is 17.3 Å². The highest BCUT2D eigenvalue weighted by atomic mass is 16.3. The summed E-state index contributed by atoms with van der Waals surface area (Å²) in [6.45, 7) is 2.10. The van der Waals surface area contributed by atoms with Crippen LogP contribution in [0.2, 0.25) is 0 Å². The fourth-order valence-electron chi connectivity index (χ4n) is 6.69. The quantitative estimate of drug-likeness (QED) is 0.393. The molecule has 3 aliphatic rings. The van der Waals surface area contributed by atoms with Crippen LogP contribution in [0.3, 0.4) is 0 Å². The van der Waals surface area contributed by atoms with Crippen molar-refractivity contribution in [2.45, 2.75) is 50.1 Å². The van der Waals surface area contributed by atoms with Crippen molar-refractivity contribution >= 4 is 16.7 Å². The number of aliphatic hydroxyl groups is 1. The number of rotatable bonds is 9. The van der Waals surface area contributed by atoms with Crippen LogP contribution in [0.1, 0.15) is 55.5 Å². The zero-order valence-electron chi connectivity index (χ0n) is 21.5. The van der Waals surface area contributed by atoms with Gasteiger partial charge in [-0.05, 0) is 73.6 Å². The summed E-state index contributed by atoms with van der Waals surface area (Å²) >= 11 is 0. The molecule has 6 heteroatoms. The molecule has 6 nitrogen and oxygen atoms in total. The Hall–Kier alpha value is -2.54. The van der Waals surface area contributed by atoms with E-state index in [1.54, 1.807) is 0 Å². The number of benzene rings is 2. The van der Waals surface area contributed by atoms with E-state index in [1.807, 2.05) is 6.07 Å². The Balaban J connectivity index is 1.01. The van der Waals surface area contributed by atoms with E-state index in [2.05, 4.69) is 78.2 Å². The molecule has 1 saturated heterocycles. The van der Waals surface area contributed by atoms with Gasteiger partial charge in [0.05, 0.1) is 18.2 Å². The van der Waals surface area contributed by atoms with Crippen molar-refractivity contribution in [3.63, 3.8) is 0 Å². The van der Waals surface area contributed by atoms with Gasteiger partial charge in [-0.2, -0.15) is 0 Å². The molecule has 1 spiro atoms. The Bertz CT molecular complexity index is 1190. The molecular formula is C30H39N5O. The molecule has 3 unspecified atom stereocenters. The number of fused-ring (bicyclic) bond motifs is 1. The van der Waals surface area contributed by atoms with Crippen LogP contribution in [0.25, 0.3) is 10.9 Å². The number of aliphatic hydroxyl groups excluding tert-OH is 1. The van der Waals surface area contributed by atoms with Gasteiger partial charge in [-0.3, -0.25) is 0 Å². The monoisotopic (exact) mass is 485 g/mol. The molecular weight excluding hydrogens is 446 g/mol. The van der Waals surface area contributed by atoms with Gasteiger partial charge in [-0.15, -0.1) is 0 Å². The Kier molecular flexibility index (Phi) is 6.44. The molecule has 0 bridgehead atoms. The van der Waals surface area contributed by atoms with E-state index in [4.69, 9.17) is 9.97 Å². The summed E-state index contributed by atoms with van der Waals surface area (Å²) in [4.78, 5) is 12.0. The summed E-state index contributed by atoms with van der Waals surface area (Å²) in [5.74, 6) is 3.67. The van der Waals surface area contributed by atoms with Gasteiger partial charge in [0.2, 0.25) is 0 Å². The van der Waals surface area contributed by atoms with Crippen molar-refractivity contribution < 1.29 is 5.11 Å². The number of para-hydroxylation sites is 1. The van der Waals surface area contributed by atoms with Gasteiger partial charge in [0.25, 0.3) is 0 Å². The first-order valence-electron chi connectivity index (χ1n) is 13.6. The molecule has 1 aromatic heterocycles. The third-order valence-corrected chi connectivity index (χ3v) is 9.03. The minimum atomic E-state index is 0.178. The van der Waals surface area contributed by atoms with Crippen molar-refractivity contribution in [2.24, 2.45) is 17.3 Å². The summed E-state index contributed by atoms with van der Waals surface area (Å²) < 4.78 is 0. The third-order valence-electron chi connectivity index (χ3n) is 9.03. The molecule has 0 amide bonds. The van der Waals surface area contributed by atoms with E-state index in [0.717, 1.165) is 47.5 Å². The lowest BCUT2D eigenvalue weighted by atomic mass is 9.78. The molecule has 0 radical (unpaired) electrons. The predicted octanol–water partition coefficient (Wildman–Crippen LogP) is 4.27. The third kappa shape index (κ3) is 4.62. The maximum absolute atomic E-state index is 9.82. The largest absolute Gasteiger partial charge is 0.396 e. The first-order valence-corrected chi connectivity index (χ1v) is 13.6.